The van der Waals surface area contributed by atoms with Crippen LogP contribution < -0.4 is 10.9 Å². The van der Waals surface area contributed by atoms with Crippen molar-refractivity contribution < 1.29 is 14.6 Å². The van der Waals surface area contributed by atoms with Crippen LogP contribution >= 0.6 is 0 Å². The number of aliphatic hydroxyl groups is 1. The monoisotopic (exact) mass is 240 g/mol. The maximum Gasteiger partial charge on any atom is 0.253 e. The largest absolute Gasteiger partial charge is 0.396 e. The minimum atomic E-state index is -0.309. The van der Waals surface area contributed by atoms with Crippen LogP contribution in [-0.2, 0) is 4.74 Å². The maximum absolute atomic E-state index is 11.7. The smallest absolute Gasteiger partial charge is 0.253 e. The summed E-state index contributed by atoms with van der Waals surface area (Å²) in [6.07, 6.45) is 1.77. The van der Waals surface area contributed by atoms with E-state index in [-0.39, 0.29) is 24.1 Å². The Hall–Kier alpha value is -1.66. The van der Waals surface area contributed by atoms with Gasteiger partial charge in [0.1, 0.15) is 0 Å². The summed E-state index contributed by atoms with van der Waals surface area (Å²) in [7, 11) is 1.52. The molecule has 0 aliphatic rings. The predicted octanol–water partition coefficient (Wildman–Crippen LogP) is -0.498. The second-order valence-corrected chi connectivity index (χ2v) is 3.58. The van der Waals surface area contributed by atoms with Crippen LogP contribution in [0, 0.1) is 0 Å². The number of aromatic amines is 1. The molecule has 0 aliphatic carbocycles. The molecule has 94 valence electrons. The average molecular weight is 240 g/mol. The first-order valence-corrected chi connectivity index (χ1v) is 5.26. The molecule has 1 aromatic heterocycles. The summed E-state index contributed by atoms with van der Waals surface area (Å²) in [6.45, 7) is 0.301. The van der Waals surface area contributed by atoms with E-state index in [2.05, 4.69) is 10.3 Å². The van der Waals surface area contributed by atoms with Crippen LogP contribution in [0.3, 0.4) is 0 Å². The molecule has 0 bridgehead atoms. The average Bonchev–Trinajstić information content (AvgIpc) is 2.30. The SMILES string of the molecule is COCC(CCO)NC(=O)c1ccc(=O)[nH]c1. The predicted molar refractivity (Wildman–Crippen MR) is 61.9 cm³/mol. The fourth-order valence-electron chi connectivity index (χ4n) is 1.37. The molecule has 1 unspecified atom stereocenters. The van der Waals surface area contributed by atoms with Gasteiger partial charge >= 0.3 is 0 Å². The highest BCUT2D eigenvalue weighted by Gasteiger charge is 2.13. The van der Waals surface area contributed by atoms with Crippen LogP contribution in [0.25, 0.3) is 0 Å². The number of methoxy groups -OCH3 is 1. The fourth-order valence-corrected chi connectivity index (χ4v) is 1.37. The summed E-state index contributed by atoms with van der Waals surface area (Å²) in [5.74, 6) is -0.309. The molecule has 0 aliphatic heterocycles. The number of pyridine rings is 1. The molecule has 0 spiro atoms. The first kappa shape index (κ1) is 13.4. The van der Waals surface area contributed by atoms with Crippen LogP contribution in [0.2, 0.25) is 0 Å². The number of amides is 1. The van der Waals surface area contributed by atoms with Gasteiger partial charge in [-0.05, 0) is 12.5 Å². The van der Waals surface area contributed by atoms with E-state index < -0.39 is 0 Å². The van der Waals surface area contributed by atoms with Crippen molar-refractivity contribution in [1.29, 1.82) is 0 Å². The molecule has 0 fully saturated rings. The molecule has 17 heavy (non-hydrogen) atoms. The molecule has 0 aromatic carbocycles. The molecule has 0 saturated heterocycles. The molecule has 0 radical (unpaired) electrons. The van der Waals surface area contributed by atoms with Crippen LogP contribution in [-0.4, -0.2) is 42.4 Å². The van der Waals surface area contributed by atoms with Gasteiger partial charge in [-0.3, -0.25) is 9.59 Å². The zero-order valence-corrected chi connectivity index (χ0v) is 9.60. The van der Waals surface area contributed by atoms with Crippen molar-refractivity contribution in [2.24, 2.45) is 0 Å². The van der Waals surface area contributed by atoms with Crippen molar-refractivity contribution in [3.63, 3.8) is 0 Å². The summed E-state index contributed by atoms with van der Waals surface area (Å²) in [4.78, 5) is 25.0. The number of hydrogen-bond acceptors (Lipinski definition) is 4. The van der Waals surface area contributed by atoms with Gasteiger partial charge in [0.25, 0.3) is 5.91 Å². The topological polar surface area (TPSA) is 91.4 Å². The van der Waals surface area contributed by atoms with Gasteiger partial charge in [0, 0.05) is 26.0 Å². The Morgan fingerprint density at radius 3 is 2.88 bits per heavy atom. The van der Waals surface area contributed by atoms with Crippen molar-refractivity contribution >= 4 is 5.91 Å². The zero-order valence-electron chi connectivity index (χ0n) is 9.60. The van der Waals surface area contributed by atoms with E-state index in [1.165, 1.54) is 25.4 Å². The molecule has 1 amide bonds. The number of carbonyl (C=O) groups excluding carboxylic acids is 1. The van der Waals surface area contributed by atoms with Crippen LogP contribution in [0.4, 0.5) is 0 Å². The summed E-state index contributed by atoms with van der Waals surface area (Å²) in [6, 6.07) is 2.48. The van der Waals surface area contributed by atoms with Gasteiger partial charge in [-0.15, -0.1) is 0 Å². The van der Waals surface area contributed by atoms with Gasteiger partial charge in [0.05, 0.1) is 18.2 Å². The number of rotatable bonds is 6. The third-order valence-corrected chi connectivity index (χ3v) is 2.23. The van der Waals surface area contributed by atoms with Crippen molar-refractivity contribution in [3.05, 3.63) is 34.2 Å². The Bertz CT molecular complexity index is 390. The highest BCUT2D eigenvalue weighted by Crippen LogP contribution is 1.97. The Morgan fingerprint density at radius 2 is 2.35 bits per heavy atom. The number of aliphatic hydroxyl groups excluding tert-OH is 1. The van der Waals surface area contributed by atoms with Crippen LogP contribution in [0.5, 0.6) is 0 Å². The molecule has 0 saturated carbocycles. The number of H-pyrrole nitrogens is 1. The number of carbonyl (C=O) groups is 1. The molecule has 1 rings (SSSR count). The normalized spacial score (nSPS) is 12.1. The van der Waals surface area contributed by atoms with E-state index in [9.17, 15) is 9.59 Å². The highest BCUT2D eigenvalue weighted by molar-refractivity contribution is 5.93. The highest BCUT2D eigenvalue weighted by atomic mass is 16.5. The van der Waals surface area contributed by atoms with Gasteiger partial charge in [-0.1, -0.05) is 0 Å². The number of hydrogen-bond donors (Lipinski definition) is 3. The number of nitrogens with one attached hydrogen (secondary N) is 2. The van der Waals surface area contributed by atoms with Gasteiger partial charge in [-0.25, -0.2) is 0 Å². The van der Waals surface area contributed by atoms with Crippen LogP contribution in [0.1, 0.15) is 16.8 Å². The summed E-state index contributed by atoms with van der Waals surface area (Å²) in [5, 5.41) is 11.5. The minimum absolute atomic E-state index is 0.0278. The van der Waals surface area contributed by atoms with E-state index in [1.807, 2.05) is 0 Å². The summed E-state index contributed by atoms with van der Waals surface area (Å²) < 4.78 is 4.93. The van der Waals surface area contributed by atoms with Crippen molar-refractivity contribution in [2.45, 2.75) is 12.5 Å². The molecule has 1 heterocycles. The minimum Gasteiger partial charge on any atom is -0.396 e. The van der Waals surface area contributed by atoms with E-state index in [1.54, 1.807) is 0 Å². The first-order chi connectivity index (χ1) is 8.17. The van der Waals surface area contributed by atoms with E-state index in [0.29, 0.717) is 18.6 Å². The van der Waals surface area contributed by atoms with Crippen molar-refractivity contribution in [1.82, 2.24) is 10.3 Å². The maximum atomic E-state index is 11.7. The summed E-state index contributed by atoms with van der Waals surface area (Å²) >= 11 is 0. The molecule has 3 N–H and O–H groups in total. The fraction of sp³-hybridized carbons (Fsp3) is 0.455. The Labute approximate surface area is 98.6 Å². The lowest BCUT2D eigenvalue weighted by atomic mass is 10.2. The van der Waals surface area contributed by atoms with E-state index in [4.69, 9.17) is 9.84 Å². The van der Waals surface area contributed by atoms with Crippen molar-refractivity contribution in [3.8, 4) is 0 Å². The van der Waals surface area contributed by atoms with Gasteiger partial charge in [0.2, 0.25) is 5.56 Å². The van der Waals surface area contributed by atoms with Gasteiger partial charge in [0.15, 0.2) is 0 Å². The third-order valence-electron chi connectivity index (χ3n) is 2.23. The summed E-state index contributed by atoms with van der Waals surface area (Å²) in [5.41, 5.74) is 0.106. The second kappa shape index (κ2) is 6.82. The lowest BCUT2D eigenvalue weighted by molar-refractivity contribution is 0.0878. The third kappa shape index (κ3) is 4.38. The number of aromatic nitrogens is 1. The lowest BCUT2D eigenvalue weighted by Crippen LogP contribution is -2.38. The zero-order chi connectivity index (χ0) is 12.7. The first-order valence-electron chi connectivity index (χ1n) is 5.26. The van der Waals surface area contributed by atoms with Crippen molar-refractivity contribution in [2.75, 3.05) is 20.3 Å². The Morgan fingerprint density at radius 1 is 1.59 bits per heavy atom. The van der Waals surface area contributed by atoms with Gasteiger partial charge < -0.3 is 20.1 Å². The van der Waals surface area contributed by atoms with Gasteiger partial charge in [-0.2, -0.15) is 0 Å². The second-order valence-electron chi connectivity index (χ2n) is 3.58. The molecule has 6 heteroatoms. The quantitative estimate of drug-likeness (QED) is 0.625. The van der Waals surface area contributed by atoms with E-state index in [0.717, 1.165) is 0 Å². The van der Waals surface area contributed by atoms with Crippen LogP contribution in [0.15, 0.2) is 23.1 Å². The standard InChI is InChI=1S/C11H16N2O4/c1-17-7-9(4-5-14)13-11(16)8-2-3-10(15)12-6-8/h2-3,6,9,14H,4-5,7H2,1H3,(H,12,15)(H,13,16). The molecule has 1 aromatic rings. The number of ether oxygens (including phenoxy) is 1. The van der Waals surface area contributed by atoms with E-state index >= 15 is 0 Å². The molecular weight excluding hydrogens is 224 g/mol. The molecule has 1 atom stereocenters. The molecular formula is C11H16N2O4. The Balaban J connectivity index is 2.63. The Kier molecular flexibility index (Phi) is 5.38. The lowest BCUT2D eigenvalue weighted by Gasteiger charge is -2.16. The molecule has 6 nitrogen and oxygen atoms in total.